The fourth-order valence-electron chi connectivity index (χ4n) is 2.43. The summed E-state index contributed by atoms with van der Waals surface area (Å²) in [6.45, 7) is 0.0916. The highest BCUT2D eigenvalue weighted by Crippen LogP contribution is 2.31. The zero-order valence-corrected chi connectivity index (χ0v) is 10.7. The van der Waals surface area contributed by atoms with Gasteiger partial charge in [0.05, 0.1) is 12.5 Å². The van der Waals surface area contributed by atoms with Crippen LogP contribution >= 0.6 is 0 Å². The highest BCUT2D eigenvalue weighted by atomic mass is 19.1. The Kier molecular flexibility index (Phi) is 3.25. The van der Waals surface area contributed by atoms with Crippen molar-refractivity contribution in [3.05, 3.63) is 35.4 Å². The van der Waals surface area contributed by atoms with Crippen LogP contribution in [0.25, 0.3) is 0 Å². The SMILES string of the molecule is O=C1CC(NCc2ccc(F)cc2F)C(=O)N1C1CC1. The smallest absolute Gasteiger partial charge is 0.247 e. The lowest BCUT2D eigenvalue weighted by Gasteiger charge is -2.14. The van der Waals surface area contributed by atoms with Crippen LogP contribution in [0.5, 0.6) is 0 Å². The van der Waals surface area contributed by atoms with E-state index in [0.29, 0.717) is 0 Å². The van der Waals surface area contributed by atoms with E-state index in [1.165, 1.54) is 11.0 Å². The molecule has 1 heterocycles. The molecular formula is C14H14F2N2O2. The van der Waals surface area contributed by atoms with Crippen LogP contribution in [0.3, 0.4) is 0 Å². The maximum absolute atomic E-state index is 13.5. The molecule has 6 heteroatoms. The van der Waals surface area contributed by atoms with Gasteiger partial charge in [-0.3, -0.25) is 14.5 Å². The van der Waals surface area contributed by atoms with Crippen molar-refractivity contribution in [1.29, 1.82) is 0 Å². The molecule has 1 aliphatic heterocycles. The van der Waals surface area contributed by atoms with E-state index in [2.05, 4.69) is 5.32 Å². The van der Waals surface area contributed by atoms with Crippen molar-refractivity contribution >= 4 is 11.8 Å². The van der Waals surface area contributed by atoms with Gasteiger partial charge in [-0.1, -0.05) is 6.07 Å². The molecule has 0 radical (unpaired) electrons. The summed E-state index contributed by atoms with van der Waals surface area (Å²) >= 11 is 0. The average molecular weight is 280 g/mol. The van der Waals surface area contributed by atoms with Crippen LogP contribution < -0.4 is 5.32 Å². The van der Waals surface area contributed by atoms with Crippen LogP contribution in [-0.2, 0) is 16.1 Å². The van der Waals surface area contributed by atoms with Crippen molar-refractivity contribution in [3.63, 3.8) is 0 Å². The highest BCUT2D eigenvalue weighted by molar-refractivity contribution is 6.06. The van der Waals surface area contributed by atoms with Crippen molar-refractivity contribution in [2.45, 2.75) is 37.9 Å². The Morgan fingerprint density at radius 2 is 2.00 bits per heavy atom. The molecule has 0 aromatic heterocycles. The Hall–Kier alpha value is -1.82. The molecule has 1 saturated heterocycles. The molecule has 1 aliphatic carbocycles. The second-order valence-corrected chi connectivity index (χ2v) is 5.21. The van der Waals surface area contributed by atoms with Gasteiger partial charge in [0.15, 0.2) is 0 Å². The largest absolute Gasteiger partial charge is 0.301 e. The number of hydrogen-bond donors (Lipinski definition) is 1. The van der Waals surface area contributed by atoms with E-state index in [-0.39, 0.29) is 36.4 Å². The van der Waals surface area contributed by atoms with Crippen molar-refractivity contribution < 1.29 is 18.4 Å². The molecule has 20 heavy (non-hydrogen) atoms. The third kappa shape index (κ3) is 2.43. The number of carbonyl (C=O) groups excluding carboxylic acids is 2. The van der Waals surface area contributed by atoms with Gasteiger partial charge in [0.2, 0.25) is 11.8 Å². The van der Waals surface area contributed by atoms with Gasteiger partial charge in [-0.05, 0) is 18.9 Å². The number of carbonyl (C=O) groups is 2. The molecule has 106 valence electrons. The fraction of sp³-hybridized carbons (Fsp3) is 0.429. The summed E-state index contributed by atoms with van der Waals surface area (Å²) in [7, 11) is 0. The Morgan fingerprint density at radius 1 is 1.25 bits per heavy atom. The summed E-state index contributed by atoms with van der Waals surface area (Å²) in [5.41, 5.74) is 0.275. The maximum atomic E-state index is 13.5. The van der Waals surface area contributed by atoms with Gasteiger partial charge >= 0.3 is 0 Å². The summed E-state index contributed by atoms with van der Waals surface area (Å²) in [6.07, 6.45) is 1.85. The molecule has 4 nitrogen and oxygen atoms in total. The standard InChI is InChI=1S/C14H14F2N2O2/c15-9-2-1-8(11(16)5-9)7-17-12-6-13(19)18(14(12)20)10-3-4-10/h1-2,5,10,12,17H,3-4,6-7H2. The van der Waals surface area contributed by atoms with Crippen LogP contribution in [0.15, 0.2) is 18.2 Å². The highest BCUT2D eigenvalue weighted by Gasteiger charge is 2.45. The molecule has 1 unspecified atom stereocenters. The molecule has 2 aliphatic rings. The first kappa shape index (κ1) is 13.2. The van der Waals surface area contributed by atoms with Crippen LogP contribution in [-0.4, -0.2) is 28.8 Å². The molecule has 1 aromatic carbocycles. The van der Waals surface area contributed by atoms with E-state index in [1.807, 2.05) is 0 Å². The van der Waals surface area contributed by atoms with Gasteiger partial charge in [-0.2, -0.15) is 0 Å². The number of amides is 2. The molecule has 2 amide bonds. The van der Waals surface area contributed by atoms with Crippen LogP contribution in [0, 0.1) is 11.6 Å². The monoisotopic (exact) mass is 280 g/mol. The molecule has 1 atom stereocenters. The summed E-state index contributed by atoms with van der Waals surface area (Å²) in [5, 5.41) is 2.88. The van der Waals surface area contributed by atoms with Crippen LogP contribution in [0.4, 0.5) is 8.78 Å². The number of nitrogens with one attached hydrogen (secondary N) is 1. The number of rotatable bonds is 4. The van der Waals surface area contributed by atoms with E-state index >= 15 is 0 Å². The van der Waals surface area contributed by atoms with Crippen LogP contribution in [0.1, 0.15) is 24.8 Å². The van der Waals surface area contributed by atoms with E-state index < -0.39 is 17.7 Å². The summed E-state index contributed by atoms with van der Waals surface area (Å²) in [4.78, 5) is 25.1. The molecule has 3 rings (SSSR count). The zero-order chi connectivity index (χ0) is 14.3. The zero-order valence-electron chi connectivity index (χ0n) is 10.7. The minimum absolute atomic E-state index is 0.0596. The van der Waals surface area contributed by atoms with Gasteiger partial charge < -0.3 is 5.32 Å². The quantitative estimate of drug-likeness (QED) is 0.847. The van der Waals surface area contributed by atoms with Gasteiger partial charge in [0.25, 0.3) is 0 Å². The molecule has 1 saturated carbocycles. The number of imide groups is 1. The first-order chi connectivity index (χ1) is 9.56. The summed E-state index contributed by atoms with van der Waals surface area (Å²) in [6, 6.07) is 2.75. The maximum Gasteiger partial charge on any atom is 0.247 e. The van der Waals surface area contributed by atoms with Crippen molar-refractivity contribution in [2.24, 2.45) is 0 Å². The predicted octanol–water partition coefficient (Wildman–Crippen LogP) is 1.34. The van der Waals surface area contributed by atoms with Crippen molar-refractivity contribution in [1.82, 2.24) is 10.2 Å². The minimum atomic E-state index is -0.659. The Morgan fingerprint density at radius 3 is 2.65 bits per heavy atom. The van der Waals surface area contributed by atoms with Crippen LogP contribution in [0.2, 0.25) is 0 Å². The average Bonchev–Trinajstić information content (AvgIpc) is 3.16. The van der Waals surface area contributed by atoms with Gasteiger partial charge in [-0.15, -0.1) is 0 Å². The molecule has 0 spiro atoms. The number of halogens is 2. The third-order valence-corrected chi connectivity index (χ3v) is 3.65. The first-order valence-corrected chi connectivity index (χ1v) is 6.59. The molecule has 1 aromatic rings. The lowest BCUT2D eigenvalue weighted by atomic mass is 10.2. The molecular weight excluding hydrogens is 266 g/mol. The first-order valence-electron chi connectivity index (χ1n) is 6.59. The lowest BCUT2D eigenvalue weighted by molar-refractivity contribution is -0.139. The normalized spacial score (nSPS) is 22.7. The topological polar surface area (TPSA) is 49.4 Å². The Bertz CT molecular complexity index is 572. The van der Waals surface area contributed by atoms with Crippen molar-refractivity contribution in [3.8, 4) is 0 Å². The van der Waals surface area contributed by atoms with E-state index in [1.54, 1.807) is 0 Å². The number of benzene rings is 1. The van der Waals surface area contributed by atoms with E-state index in [4.69, 9.17) is 0 Å². The van der Waals surface area contributed by atoms with Gasteiger partial charge in [0, 0.05) is 24.2 Å². The van der Waals surface area contributed by atoms with Crippen molar-refractivity contribution in [2.75, 3.05) is 0 Å². The van der Waals surface area contributed by atoms with E-state index in [9.17, 15) is 18.4 Å². The second-order valence-electron chi connectivity index (χ2n) is 5.21. The fourth-order valence-corrected chi connectivity index (χ4v) is 2.43. The van der Waals surface area contributed by atoms with Gasteiger partial charge in [-0.25, -0.2) is 8.78 Å². The summed E-state index contributed by atoms with van der Waals surface area (Å²) in [5.74, 6) is -1.71. The Labute approximate surface area is 114 Å². The molecule has 0 bridgehead atoms. The summed E-state index contributed by atoms with van der Waals surface area (Å²) < 4.78 is 26.3. The number of likely N-dealkylation sites (tertiary alicyclic amines) is 1. The molecule has 1 N–H and O–H groups in total. The predicted molar refractivity (Wildman–Crippen MR) is 66.5 cm³/mol. The number of nitrogens with zero attached hydrogens (tertiary/aromatic N) is 1. The minimum Gasteiger partial charge on any atom is -0.301 e. The van der Waals surface area contributed by atoms with Gasteiger partial charge in [0.1, 0.15) is 11.6 Å². The second kappa shape index (κ2) is 4.94. The lowest BCUT2D eigenvalue weighted by Crippen LogP contribution is -2.39. The van der Waals surface area contributed by atoms with E-state index in [0.717, 1.165) is 25.0 Å². The Balaban J connectivity index is 1.64. The number of hydrogen-bond acceptors (Lipinski definition) is 3. The molecule has 2 fully saturated rings. The third-order valence-electron chi connectivity index (χ3n) is 3.65.